The maximum Gasteiger partial charge on any atom is 0.416 e. The molecule has 2 atom stereocenters. The summed E-state index contributed by atoms with van der Waals surface area (Å²) in [5.74, 6) is -0.0371. The number of anilines is 1. The fourth-order valence-corrected chi connectivity index (χ4v) is 5.23. The van der Waals surface area contributed by atoms with Crippen molar-refractivity contribution in [3.63, 3.8) is 0 Å². The molecule has 4 rings (SSSR count). The smallest absolute Gasteiger partial charge is 0.416 e. The summed E-state index contributed by atoms with van der Waals surface area (Å²) in [5, 5.41) is 12.6. The fraction of sp³-hybridized carbons (Fsp3) is 0.321. The number of nitrogens with zero attached hydrogens (tertiary/aromatic N) is 1. The van der Waals surface area contributed by atoms with Gasteiger partial charge in [0.2, 0.25) is 0 Å². The molecule has 39 heavy (non-hydrogen) atoms. The monoisotopic (exact) mass is 562 g/mol. The average Bonchev–Trinajstić information content (AvgIpc) is 3.40. The molecule has 11 heteroatoms. The third kappa shape index (κ3) is 6.90. The van der Waals surface area contributed by atoms with Crippen LogP contribution in [0.3, 0.4) is 0 Å². The summed E-state index contributed by atoms with van der Waals surface area (Å²) in [6, 6.07) is 16.9. The van der Waals surface area contributed by atoms with Crippen molar-refractivity contribution >= 4 is 21.4 Å². The largest absolute Gasteiger partial charge is 0.489 e. The van der Waals surface area contributed by atoms with Crippen LogP contribution in [0.4, 0.5) is 18.9 Å². The van der Waals surface area contributed by atoms with E-state index >= 15 is 0 Å². The van der Waals surface area contributed by atoms with Crippen LogP contribution >= 0.6 is 0 Å². The van der Waals surface area contributed by atoms with Gasteiger partial charge in [-0.05, 0) is 66.2 Å². The van der Waals surface area contributed by atoms with Crippen molar-refractivity contribution in [1.29, 1.82) is 0 Å². The van der Waals surface area contributed by atoms with Gasteiger partial charge in [0.15, 0.2) is 9.84 Å². The lowest BCUT2D eigenvalue weighted by Crippen LogP contribution is -2.31. The minimum Gasteiger partial charge on any atom is -0.489 e. The van der Waals surface area contributed by atoms with Crippen molar-refractivity contribution in [2.24, 2.45) is 0 Å². The molecule has 208 valence electrons. The van der Waals surface area contributed by atoms with Gasteiger partial charge in [0.1, 0.15) is 11.9 Å². The second-order valence-electron chi connectivity index (χ2n) is 9.22. The Balaban J connectivity index is 1.34. The van der Waals surface area contributed by atoms with E-state index in [1.807, 2.05) is 0 Å². The van der Waals surface area contributed by atoms with Gasteiger partial charge in [0.05, 0.1) is 35.4 Å². The molecule has 1 aliphatic heterocycles. The Morgan fingerprint density at radius 3 is 2.26 bits per heavy atom. The number of aliphatic hydroxyl groups is 1. The molecule has 1 amide bonds. The molecular weight excluding hydrogens is 533 g/mol. The lowest BCUT2D eigenvalue weighted by atomic mass is 10.1. The summed E-state index contributed by atoms with van der Waals surface area (Å²) in [7, 11) is -3.35. The Morgan fingerprint density at radius 1 is 1.05 bits per heavy atom. The van der Waals surface area contributed by atoms with E-state index in [-0.39, 0.29) is 23.4 Å². The molecule has 1 saturated heterocycles. The Kier molecular flexibility index (Phi) is 8.51. The third-order valence-corrected chi connectivity index (χ3v) is 8.38. The van der Waals surface area contributed by atoms with Crippen LogP contribution in [0.15, 0.2) is 77.7 Å². The number of amides is 1. The van der Waals surface area contributed by atoms with E-state index in [1.165, 1.54) is 24.3 Å². The number of alkyl halides is 3. The first-order valence-corrected chi connectivity index (χ1v) is 14.1. The van der Waals surface area contributed by atoms with Gasteiger partial charge in [0.25, 0.3) is 5.91 Å². The van der Waals surface area contributed by atoms with Crippen LogP contribution in [0.2, 0.25) is 0 Å². The number of ether oxygens (including phenoxy) is 1. The molecule has 0 bridgehead atoms. The molecule has 0 saturated carbocycles. The zero-order valence-electron chi connectivity index (χ0n) is 21.2. The van der Waals surface area contributed by atoms with Crippen molar-refractivity contribution in [2.45, 2.75) is 36.6 Å². The topological polar surface area (TPSA) is 95.9 Å². The molecule has 2 unspecified atom stereocenters. The molecule has 1 aliphatic rings. The van der Waals surface area contributed by atoms with Crippen LogP contribution in [0.5, 0.6) is 5.75 Å². The first-order valence-electron chi connectivity index (χ1n) is 12.4. The van der Waals surface area contributed by atoms with Crippen LogP contribution in [0.25, 0.3) is 0 Å². The lowest BCUT2D eigenvalue weighted by Gasteiger charge is -2.20. The second-order valence-corrected chi connectivity index (χ2v) is 11.5. The number of benzene rings is 3. The number of hydrogen-bond acceptors (Lipinski definition) is 6. The summed E-state index contributed by atoms with van der Waals surface area (Å²) in [5.41, 5.74) is 1.11. The van der Waals surface area contributed by atoms with Crippen molar-refractivity contribution in [3.8, 4) is 5.75 Å². The molecule has 2 N–H and O–H groups in total. The molecule has 7 nitrogen and oxygen atoms in total. The van der Waals surface area contributed by atoms with Gasteiger partial charge in [-0.2, -0.15) is 13.2 Å². The van der Waals surface area contributed by atoms with Crippen molar-refractivity contribution in [1.82, 2.24) is 5.32 Å². The summed E-state index contributed by atoms with van der Waals surface area (Å²) < 4.78 is 68.2. The van der Waals surface area contributed by atoms with Crippen LogP contribution in [-0.2, 0) is 16.0 Å². The van der Waals surface area contributed by atoms with Gasteiger partial charge in [-0.3, -0.25) is 4.79 Å². The molecule has 0 aliphatic carbocycles. The predicted molar refractivity (Wildman–Crippen MR) is 141 cm³/mol. The fourth-order valence-electron chi connectivity index (χ4n) is 4.35. The zero-order chi connectivity index (χ0) is 28.2. The normalized spacial score (nSPS) is 16.6. The van der Waals surface area contributed by atoms with E-state index in [9.17, 15) is 31.5 Å². The number of sulfone groups is 1. The number of aliphatic hydroxyl groups excluding tert-OH is 1. The first-order chi connectivity index (χ1) is 18.5. The highest BCUT2D eigenvalue weighted by atomic mass is 32.2. The lowest BCUT2D eigenvalue weighted by molar-refractivity contribution is -0.137. The van der Waals surface area contributed by atoms with Crippen molar-refractivity contribution < 1.29 is 36.2 Å². The quantitative estimate of drug-likeness (QED) is 0.395. The van der Waals surface area contributed by atoms with Crippen LogP contribution < -0.4 is 15.0 Å². The van der Waals surface area contributed by atoms with E-state index in [1.54, 1.807) is 43.3 Å². The van der Waals surface area contributed by atoms with E-state index in [2.05, 4.69) is 10.2 Å². The van der Waals surface area contributed by atoms with E-state index in [4.69, 9.17) is 4.74 Å². The van der Waals surface area contributed by atoms with Crippen LogP contribution in [0, 0.1) is 0 Å². The van der Waals surface area contributed by atoms with Crippen molar-refractivity contribution in [2.75, 3.05) is 30.3 Å². The van der Waals surface area contributed by atoms with Crippen LogP contribution in [0.1, 0.15) is 40.9 Å². The highest BCUT2D eigenvalue weighted by Gasteiger charge is 2.30. The van der Waals surface area contributed by atoms with Gasteiger partial charge in [-0.25, -0.2) is 8.42 Å². The van der Waals surface area contributed by atoms with E-state index in [0.29, 0.717) is 36.4 Å². The number of halogens is 3. The van der Waals surface area contributed by atoms with Crippen molar-refractivity contribution in [3.05, 3.63) is 89.5 Å². The molecular formula is C28H29F3N2O5S. The molecule has 3 aromatic carbocycles. The maximum absolute atomic E-state index is 12.8. The number of carbonyl (C=O) groups is 1. The first kappa shape index (κ1) is 28.4. The van der Waals surface area contributed by atoms with Gasteiger partial charge in [-0.1, -0.05) is 19.1 Å². The Labute approximate surface area is 225 Å². The minimum absolute atomic E-state index is 0.0211. The van der Waals surface area contributed by atoms with Gasteiger partial charge >= 0.3 is 6.18 Å². The predicted octanol–water partition coefficient (Wildman–Crippen LogP) is 4.62. The molecule has 0 aromatic heterocycles. The number of hydrogen-bond donors (Lipinski definition) is 2. The molecule has 1 fully saturated rings. The van der Waals surface area contributed by atoms with E-state index in [0.717, 1.165) is 17.8 Å². The summed E-state index contributed by atoms with van der Waals surface area (Å²) in [4.78, 5) is 15.1. The second kappa shape index (κ2) is 11.7. The molecule has 0 radical (unpaired) electrons. The van der Waals surface area contributed by atoms with E-state index < -0.39 is 33.5 Å². The average molecular weight is 563 g/mol. The van der Waals surface area contributed by atoms with Gasteiger partial charge in [-0.15, -0.1) is 0 Å². The Bertz CT molecular complexity index is 1380. The maximum atomic E-state index is 12.8. The molecule has 0 spiro atoms. The SMILES string of the molecule is CCS(=O)(=O)c1ccc(C(CO)NC(=O)c2ccc(N3CCC(Oc4ccc(C(F)(F)F)cc4)C3)cc2)cc1. The zero-order valence-corrected chi connectivity index (χ0v) is 22.0. The third-order valence-electron chi connectivity index (χ3n) is 6.63. The minimum atomic E-state index is -4.39. The number of carbonyl (C=O) groups excluding carboxylic acids is 1. The van der Waals surface area contributed by atoms with Gasteiger partial charge in [0, 0.05) is 24.2 Å². The Hall–Kier alpha value is -3.57. The highest BCUT2D eigenvalue weighted by molar-refractivity contribution is 7.91. The summed E-state index contributed by atoms with van der Waals surface area (Å²) >= 11 is 0. The molecule has 1 heterocycles. The standard InChI is InChI=1S/C28H29F3N2O5S/c1-2-39(36,37)25-13-5-19(6-14-25)26(18-34)32-27(35)20-3-9-22(10-4-20)33-16-15-24(17-33)38-23-11-7-21(8-12-23)28(29,30)31/h3-14,24,26,34H,2,15-18H2,1H3,(H,32,35). The summed E-state index contributed by atoms with van der Waals surface area (Å²) in [6.07, 6.45) is -3.88. The number of rotatable bonds is 9. The number of nitrogens with one attached hydrogen (secondary N) is 1. The molecule has 3 aromatic rings. The highest BCUT2D eigenvalue weighted by Crippen LogP contribution is 2.31. The Morgan fingerprint density at radius 2 is 1.69 bits per heavy atom. The van der Waals surface area contributed by atoms with Gasteiger partial charge < -0.3 is 20.1 Å². The summed E-state index contributed by atoms with van der Waals surface area (Å²) in [6.45, 7) is 2.43. The van der Waals surface area contributed by atoms with Crippen LogP contribution in [-0.4, -0.2) is 51.0 Å².